The van der Waals surface area contributed by atoms with E-state index in [0.29, 0.717) is 95.6 Å². The Balaban J connectivity index is 0.000000262. The largest absolute Gasteiger partial charge is 0.497 e. The van der Waals surface area contributed by atoms with E-state index in [-0.39, 0.29) is 63.8 Å². The van der Waals surface area contributed by atoms with Crippen LogP contribution in [-0.2, 0) is 41.6 Å². The number of rotatable bonds is 21. The molecular weight excluding hydrogens is 1100 g/mol. The van der Waals surface area contributed by atoms with Gasteiger partial charge in [-0.15, -0.1) is 0 Å². The fourth-order valence-electron chi connectivity index (χ4n) is 8.63. The number of thioether (sulfide) groups is 2. The number of amides is 5. The number of nitrogens with one attached hydrogen (secondary N) is 6. The Morgan fingerprint density at radius 3 is 1.28 bits per heavy atom. The molecule has 5 aromatic rings. The molecule has 79 heavy (non-hydrogen) atoms. The highest BCUT2D eigenvalue weighted by Crippen LogP contribution is 2.31. The Labute approximate surface area is 472 Å². The van der Waals surface area contributed by atoms with Crippen LogP contribution in [-0.4, -0.2) is 114 Å². The molecule has 26 heteroatoms. The molecule has 2 aromatic heterocycles. The molecule has 0 saturated heterocycles. The summed E-state index contributed by atoms with van der Waals surface area (Å²) in [5, 5.41) is 40.2. The lowest BCUT2D eigenvalue weighted by Crippen LogP contribution is -2.46. The van der Waals surface area contributed by atoms with Crippen molar-refractivity contribution in [1.82, 2.24) is 36.0 Å². The number of hydrazine groups is 1. The minimum atomic E-state index is -1.17. The maximum absolute atomic E-state index is 13.0. The molecule has 2 unspecified atom stereocenters. The van der Waals surface area contributed by atoms with Crippen molar-refractivity contribution in [1.29, 1.82) is 0 Å². The van der Waals surface area contributed by atoms with Gasteiger partial charge in [-0.1, -0.05) is 71.0 Å². The van der Waals surface area contributed by atoms with Crippen LogP contribution in [0.5, 0.6) is 5.75 Å². The summed E-state index contributed by atoms with van der Waals surface area (Å²) < 4.78 is 5.12. The van der Waals surface area contributed by atoms with Crippen LogP contribution in [0.3, 0.4) is 0 Å². The monoisotopic (exact) mass is 1160 g/mol. The van der Waals surface area contributed by atoms with Gasteiger partial charge in [-0.25, -0.2) is 29.5 Å². The number of aromatic nitrogens is 4. The predicted octanol–water partition coefficient (Wildman–Crippen LogP) is 7.28. The number of carbonyl (C=O) groups excluding carboxylic acids is 5. The van der Waals surface area contributed by atoms with Crippen molar-refractivity contribution < 1.29 is 58.4 Å². The maximum atomic E-state index is 13.0. The fourth-order valence-corrected chi connectivity index (χ4v) is 9.66. The van der Waals surface area contributed by atoms with Gasteiger partial charge < -0.3 is 41.3 Å². The summed E-state index contributed by atoms with van der Waals surface area (Å²) in [6, 6.07) is 18.0. The summed E-state index contributed by atoms with van der Waals surface area (Å²) >= 11 is 14.7. The third kappa shape index (κ3) is 18.0. The topological polar surface area (TPSA) is 330 Å². The average Bonchev–Trinajstić information content (AvgIpc) is 3.45. The van der Waals surface area contributed by atoms with Gasteiger partial charge in [0.1, 0.15) is 17.8 Å². The second-order valence-electron chi connectivity index (χ2n) is 18.4. The maximum Gasteiger partial charge on any atom is 0.326 e. The van der Waals surface area contributed by atoms with Crippen LogP contribution in [0.4, 0.5) is 17.1 Å². The van der Waals surface area contributed by atoms with Crippen LogP contribution in [0, 0.1) is 23.7 Å². The molecule has 2 aliphatic rings. The molecular formula is C53H58Cl2N10O12S2. The Hall–Kier alpha value is -7.54. The first-order valence-electron chi connectivity index (χ1n) is 24.8. The van der Waals surface area contributed by atoms with Crippen LogP contribution in [0.2, 0.25) is 10.0 Å². The first-order chi connectivity index (χ1) is 37.8. The SMILES string of the molecule is COc1ccc(NNC(=O)C2CCC(C(=O)NC(Cc3ccc(NC(=O)c4nc(SC)ncc4Cl)cc3)C(=O)O)CC2)cc1.CSc1ncc(Cl)c(C(=O)Nc2ccc(CC(NC(=O)C3CCC(C(=O)O)CC3)C(=O)O)cc2)n1. The Bertz CT molecular complexity index is 2980. The van der Waals surface area contributed by atoms with Crippen LogP contribution >= 0.6 is 46.7 Å². The molecule has 2 fully saturated rings. The molecule has 22 nitrogen and oxygen atoms in total. The van der Waals surface area contributed by atoms with Crippen molar-refractivity contribution in [3.8, 4) is 5.75 Å². The van der Waals surface area contributed by atoms with Gasteiger partial charge in [0.2, 0.25) is 17.7 Å². The lowest BCUT2D eigenvalue weighted by Gasteiger charge is -2.28. The number of carbonyl (C=O) groups is 8. The number of carboxylic acids is 3. The van der Waals surface area contributed by atoms with E-state index in [1.807, 2.05) is 0 Å². The molecule has 0 bridgehead atoms. The van der Waals surface area contributed by atoms with Gasteiger partial charge in [0, 0.05) is 42.0 Å². The van der Waals surface area contributed by atoms with E-state index in [9.17, 15) is 48.6 Å². The fraction of sp³-hybridized carbons (Fsp3) is 0.358. The Morgan fingerprint density at radius 2 is 0.924 bits per heavy atom. The van der Waals surface area contributed by atoms with Gasteiger partial charge in [-0.3, -0.25) is 39.6 Å². The lowest BCUT2D eigenvalue weighted by molar-refractivity contribution is -0.145. The number of methoxy groups -OCH3 is 1. The predicted molar refractivity (Wildman–Crippen MR) is 296 cm³/mol. The van der Waals surface area contributed by atoms with E-state index in [1.165, 1.54) is 35.9 Å². The molecule has 0 aliphatic heterocycles. The molecule has 9 N–H and O–H groups in total. The molecule has 418 valence electrons. The van der Waals surface area contributed by atoms with E-state index >= 15 is 0 Å². The van der Waals surface area contributed by atoms with Crippen molar-refractivity contribution >= 4 is 111 Å². The summed E-state index contributed by atoms with van der Waals surface area (Å²) in [5.74, 6) is -5.86. The van der Waals surface area contributed by atoms with Crippen LogP contribution in [0.15, 0.2) is 95.5 Å². The minimum Gasteiger partial charge on any atom is -0.497 e. The van der Waals surface area contributed by atoms with Crippen molar-refractivity contribution in [3.63, 3.8) is 0 Å². The third-order valence-corrected chi connectivity index (χ3v) is 14.8. The zero-order valence-electron chi connectivity index (χ0n) is 43.0. The van der Waals surface area contributed by atoms with Gasteiger partial charge in [-0.05, 0) is 124 Å². The second kappa shape index (κ2) is 29.4. The van der Waals surface area contributed by atoms with Gasteiger partial charge in [-0.2, -0.15) is 0 Å². The van der Waals surface area contributed by atoms with E-state index < -0.39 is 53.6 Å². The molecule has 2 heterocycles. The highest BCUT2D eigenvalue weighted by molar-refractivity contribution is 7.98. The summed E-state index contributed by atoms with van der Waals surface area (Å²) in [4.78, 5) is 114. The zero-order chi connectivity index (χ0) is 57.2. The molecule has 7 rings (SSSR count). The molecule has 2 aliphatic carbocycles. The molecule has 5 amide bonds. The first-order valence-corrected chi connectivity index (χ1v) is 28.0. The van der Waals surface area contributed by atoms with E-state index in [1.54, 1.807) is 92.4 Å². The number of nitrogens with zero attached hydrogens (tertiary/aromatic N) is 4. The number of halogens is 2. The summed E-state index contributed by atoms with van der Waals surface area (Å²) in [6.07, 6.45) is 9.99. The molecule has 2 atom stereocenters. The van der Waals surface area contributed by atoms with Crippen LogP contribution < -0.4 is 36.9 Å². The van der Waals surface area contributed by atoms with Crippen LogP contribution in [0.1, 0.15) is 83.5 Å². The van der Waals surface area contributed by atoms with Crippen molar-refractivity contribution in [3.05, 3.63) is 118 Å². The first kappa shape index (κ1) is 60.7. The second-order valence-corrected chi connectivity index (χ2v) is 20.8. The van der Waals surface area contributed by atoms with Gasteiger partial charge >= 0.3 is 17.9 Å². The molecule has 0 radical (unpaired) electrons. The summed E-state index contributed by atoms with van der Waals surface area (Å²) in [5.41, 5.74) is 8.63. The Kier molecular flexibility index (Phi) is 22.6. The summed E-state index contributed by atoms with van der Waals surface area (Å²) in [6.45, 7) is 0. The Morgan fingerprint density at radius 1 is 0.557 bits per heavy atom. The highest BCUT2D eigenvalue weighted by Gasteiger charge is 2.34. The normalized spacial score (nSPS) is 17.4. The smallest absolute Gasteiger partial charge is 0.326 e. The average molecular weight is 1160 g/mol. The van der Waals surface area contributed by atoms with Crippen molar-refractivity contribution in [2.45, 2.75) is 86.6 Å². The number of hydrogen-bond donors (Lipinski definition) is 9. The number of anilines is 3. The molecule has 0 spiro atoms. The van der Waals surface area contributed by atoms with E-state index in [4.69, 9.17) is 33.0 Å². The van der Waals surface area contributed by atoms with E-state index in [0.717, 1.165) is 0 Å². The number of aliphatic carboxylic acids is 3. The summed E-state index contributed by atoms with van der Waals surface area (Å²) in [7, 11) is 1.58. The van der Waals surface area contributed by atoms with Crippen molar-refractivity contribution in [2.75, 3.05) is 35.7 Å². The third-order valence-electron chi connectivity index (χ3n) is 13.1. The number of hydrogen-bond acceptors (Lipinski definition) is 16. The lowest BCUT2D eigenvalue weighted by atomic mass is 9.81. The van der Waals surface area contributed by atoms with Crippen molar-refractivity contribution in [2.24, 2.45) is 23.7 Å². The number of ether oxygens (including phenoxy) is 1. The highest BCUT2D eigenvalue weighted by atomic mass is 35.5. The van der Waals surface area contributed by atoms with Gasteiger partial charge in [0.25, 0.3) is 11.8 Å². The van der Waals surface area contributed by atoms with E-state index in [2.05, 4.69) is 52.1 Å². The quantitative estimate of drug-likeness (QED) is 0.0198. The minimum absolute atomic E-state index is 0.0427. The van der Waals surface area contributed by atoms with Gasteiger partial charge in [0.05, 0.1) is 41.2 Å². The zero-order valence-corrected chi connectivity index (χ0v) is 46.1. The van der Waals surface area contributed by atoms with Gasteiger partial charge in [0.15, 0.2) is 21.7 Å². The standard InChI is InChI=1S/C30H33ClN6O6S.C23H25ClN4O6S/c1-43-22-13-11-21(12-14-22)36-37-27(39)19-7-5-18(6-8-19)26(38)34-24(29(41)42)15-17-3-9-20(10-4-17)33-28(40)25-23(31)16-32-30(35-25)44-2;1-35-23-25-11-16(24)18(28-23)20(30)26-15-8-2-12(3-9-15)10-17(22(33)34)27-19(29)13-4-6-14(7-5-13)21(31)32/h3-4,9-14,16,18-19,24,36H,5-8,15H2,1-2H3,(H,33,40)(H,34,38)(H,37,39)(H,41,42);2-3,8-9,11,13-14,17H,4-7,10H2,1H3,(H,26,30)(H,27,29)(H,31,32)(H,33,34). The number of carboxylic acid groups (broad SMARTS) is 3. The molecule has 2 saturated carbocycles. The van der Waals surface area contributed by atoms with Crippen LogP contribution in [0.25, 0.3) is 0 Å². The molecule has 3 aromatic carbocycles. The number of benzene rings is 3.